The average molecular weight is 428 g/mol. The molecule has 30 heavy (non-hydrogen) atoms. The number of hydrogen-bond acceptors (Lipinski definition) is 4. The number of benzene rings is 3. The third-order valence-electron chi connectivity index (χ3n) is 4.38. The summed E-state index contributed by atoms with van der Waals surface area (Å²) in [5.41, 5.74) is 1.68. The molecule has 0 bridgehead atoms. The molecule has 1 amide bonds. The molecule has 0 aliphatic carbocycles. The van der Waals surface area contributed by atoms with Gasteiger partial charge in [-0.1, -0.05) is 17.7 Å². The van der Waals surface area contributed by atoms with Crippen LogP contribution in [0, 0.1) is 12.7 Å². The lowest BCUT2D eigenvalue weighted by Gasteiger charge is -2.24. The predicted molar refractivity (Wildman–Crippen MR) is 114 cm³/mol. The van der Waals surface area contributed by atoms with Crippen LogP contribution in [0.1, 0.15) is 5.56 Å². The van der Waals surface area contributed by atoms with Gasteiger partial charge in [0.1, 0.15) is 18.1 Å². The predicted octanol–water partition coefficient (Wildman–Crippen LogP) is 3.98. The van der Waals surface area contributed by atoms with Crippen LogP contribution in [0.4, 0.5) is 15.8 Å². The number of carbonyl (C=O) groups excluding carboxylic acids is 1. The highest BCUT2D eigenvalue weighted by atomic mass is 32.2. The topological polar surface area (TPSA) is 75.7 Å². The molecule has 1 N–H and O–H groups in total. The zero-order chi connectivity index (χ0) is 21.7. The summed E-state index contributed by atoms with van der Waals surface area (Å²) in [4.78, 5) is 12.6. The molecule has 0 aromatic heterocycles. The van der Waals surface area contributed by atoms with Gasteiger partial charge in [-0.2, -0.15) is 0 Å². The highest BCUT2D eigenvalue weighted by Gasteiger charge is 2.27. The zero-order valence-electron chi connectivity index (χ0n) is 16.5. The highest BCUT2D eigenvalue weighted by Crippen LogP contribution is 2.25. The van der Waals surface area contributed by atoms with Crippen molar-refractivity contribution in [1.82, 2.24) is 0 Å². The van der Waals surface area contributed by atoms with E-state index in [1.54, 1.807) is 36.4 Å². The molecule has 0 saturated carbocycles. The number of amides is 1. The molecule has 8 heteroatoms. The number of nitrogens with zero attached hydrogens (tertiary/aromatic N) is 1. The Bertz CT molecular complexity index is 1110. The van der Waals surface area contributed by atoms with E-state index in [0.29, 0.717) is 17.1 Å². The summed E-state index contributed by atoms with van der Waals surface area (Å²) in [5, 5.41) is 2.59. The van der Waals surface area contributed by atoms with E-state index in [4.69, 9.17) is 4.74 Å². The fourth-order valence-electron chi connectivity index (χ4n) is 2.77. The van der Waals surface area contributed by atoms with Crippen molar-refractivity contribution in [2.75, 3.05) is 23.3 Å². The minimum Gasteiger partial charge on any atom is -0.497 e. The minimum atomic E-state index is -4.03. The highest BCUT2D eigenvalue weighted by molar-refractivity contribution is 7.92. The maximum atomic E-state index is 13.3. The van der Waals surface area contributed by atoms with Gasteiger partial charge in [0, 0.05) is 5.69 Å². The third kappa shape index (κ3) is 4.96. The first-order chi connectivity index (χ1) is 14.3. The maximum Gasteiger partial charge on any atom is 0.264 e. The second-order valence-corrected chi connectivity index (χ2v) is 8.44. The Balaban J connectivity index is 1.92. The molecular weight excluding hydrogens is 407 g/mol. The smallest absolute Gasteiger partial charge is 0.264 e. The van der Waals surface area contributed by atoms with Crippen LogP contribution in [0.25, 0.3) is 0 Å². The number of halogens is 1. The van der Waals surface area contributed by atoms with E-state index < -0.39 is 28.3 Å². The molecular formula is C22H21FN2O4S. The van der Waals surface area contributed by atoms with Crippen molar-refractivity contribution in [2.24, 2.45) is 0 Å². The molecule has 156 valence electrons. The van der Waals surface area contributed by atoms with Crippen LogP contribution in [0.3, 0.4) is 0 Å². The number of carbonyl (C=O) groups is 1. The molecule has 0 spiro atoms. The van der Waals surface area contributed by atoms with Gasteiger partial charge in [-0.15, -0.1) is 0 Å². The lowest BCUT2D eigenvalue weighted by atomic mass is 10.2. The van der Waals surface area contributed by atoms with Crippen LogP contribution < -0.4 is 14.4 Å². The summed E-state index contributed by atoms with van der Waals surface area (Å²) in [6.45, 7) is 1.43. The van der Waals surface area contributed by atoms with Gasteiger partial charge >= 0.3 is 0 Å². The van der Waals surface area contributed by atoms with Crippen molar-refractivity contribution in [1.29, 1.82) is 0 Å². The number of ether oxygens (including phenoxy) is 1. The Morgan fingerprint density at radius 2 is 1.57 bits per heavy atom. The maximum absolute atomic E-state index is 13.3. The molecule has 0 fully saturated rings. The molecule has 0 radical (unpaired) electrons. The van der Waals surface area contributed by atoms with Crippen molar-refractivity contribution in [3.63, 3.8) is 0 Å². The van der Waals surface area contributed by atoms with Crippen LogP contribution in [0.5, 0.6) is 5.75 Å². The second kappa shape index (κ2) is 8.96. The first-order valence-electron chi connectivity index (χ1n) is 9.08. The Kier molecular flexibility index (Phi) is 6.37. The molecule has 0 aliphatic rings. The van der Waals surface area contributed by atoms with E-state index in [1.807, 2.05) is 6.92 Å². The Labute approximate surface area is 175 Å². The quantitative estimate of drug-likeness (QED) is 0.618. The Hall–Kier alpha value is -3.39. The Morgan fingerprint density at radius 1 is 0.967 bits per heavy atom. The van der Waals surface area contributed by atoms with Crippen LogP contribution in [-0.2, 0) is 14.8 Å². The lowest BCUT2D eigenvalue weighted by Crippen LogP contribution is -2.38. The first-order valence-corrected chi connectivity index (χ1v) is 10.5. The van der Waals surface area contributed by atoms with E-state index >= 15 is 0 Å². The summed E-state index contributed by atoms with van der Waals surface area (Å²) >= 11 is 0. The van der Waals surface area contributed by atoms with Gasteiger partial charge in [-0.3, -0.25) is 9.10 Å². The van der Waals surface area contributed by atoms with Crippen molar-refractivity contribution in [3.05, 3.63) is 84.2 Å². The number of rotatable bonds is 7. The summed E-state index contributed by atoms with van der Waals surface area (Å²) in [5.74, 6) is -0.472. The normalized spacial score (nSPS) is 11.0. The summed E-state index contributed by atoms with van der Waals surface area (Å²) < 4.78 is 45.8. The van der Waals surface area contributed by atoms with Crippen molar-refractivity contribution in [3.8, 4) is 5.75 Å². The zero-order valence-corrected chi connectivity index (χ0v) is 17.3. The summed E-state index contributed by atoms with van der Waals surface area (Å²) in [6, 6.07) is 18.0. The Morgan fingerprint density at radius 3 is 2.13 bits per heavy atom. The SMILES string of the molecule is COc1ccc(S(=O)(=O)N(CC(=O)Nc2ccc(F)cc2)c2ccc(C)cc2)cc1. The number of anilines is 2. The van der Waals surface area contributed by atoms with E-state index in [-0.39, 0.29) is 4.90 Å². The number of aryl methyl sites for hydroxylation is 1. The third-order valence-corrected chi connectivity index (χ3v) is 6.17. The second-order valence-electron chi connectivity index (χ2n) is 6.58. The van der Waals surface area contributed by atoms with E-state index in [2.05, 4.69) is 5.32 Å². The monoisotopic (exact) mass is 428 g/mol. The molecule has 0 saturated heterocycles. The molecule has 3 aromatic rings. The van der Waals surface area contributed by atoms with Crippen molar-refractivity contribution >= 4 is 27.3 Å². The van der Waals surface area contributed by atoms with Gasteiger partial charge < -0.3 is 10.1 Å². The average Bonchev–Trinajstić information content (AvgIpc) is 2.74. The number of sulfonamides is 1. The van der Waals surface area contributed by atoms with Crippen LogP contribution in [0.15, 0.2) is 77.7 Å². The molecule has 3 rings (SSSR count). The molecule has 0 aliphatic heterocycles. The van der Waals surface area contributed by atoms with Gasteiger partial charge in [-0.25, -0.2) is 12.8 Å². The lowest BCUT2D eigenvalue weighted by molar-refractivity contribution is -0.114. The van der Waals surface area contributed by atoms with Crippen LogP contribution in [0.2, 0.25) is 0 Å². The van der Waals surface area contributed by atoms with Crippen LogP contribution >= 0.6 is 0 Å². The van der Waals surface area contributed by atoms with Gasteiger partial charge in [0.05, 0.1) is 17.7 Å². The fourth-order valence-corrected chi connectivity index (χ4v) is 4.19. The molecule has 0 atom stereocenters. The van der Waals surface area contributed by atoms with Gasteiger partial charge in [0.2, 0.25) is 5.91 Å². The van der Waals surface area contributed by atoms with Crippen molar-refractivity contribution < 1.29 is 22.3 Å². The number of methoxy groups -OCH3 is 1. The van der Waals surface area contributed by atoms with Crippen LogP contribution in [-0.4, -0.2) is 28.0 Å². The summed E-state index contributed by atoms with van der Waals surface area (Å²) in [6.07, 6.45) is 0. The van der Waals surface area contributed by atoms with E-state index in [9.17, 15) is 17.6 Å². The van der Waals surface area contributed by atoms with Crippen molar-refractivity contribution in [2.45, 2.75) is 11.8 Å². The fraction of sp³-hybridized carbons (Fsp3) is 0.136. The number of hydrogen-bond donors (Lipinski definition) is 1. The molecule has 0 unspecified atom stereocenters. The first kappa shape index (κ1) is 21.3. The van der Waals surface area contributed by atoms with Gasteiger partial charge in [0.15, 0.2) is 0 Å². The molecule has 3 aromatic carbocycles. The molecule has 0 heterocycles. The van der Waals surface area contributed by atoms with E-state index in [0.717, 1.165) is 9.87 Å². The van der Waals surface area contributed by atoms with Gasteiger partial charge in [0.25, 0.3) is 10.0 Å². The largest absolute Gasteiger partial charge is 0.497 e. The number of nitrogens with one attached hydrogen (secondary N) is 1. The standard InChI is InChI=1S/C22H21FN2O4S/c1-16-3-9-19(10-4-16)25(15-22(26)24-18-7-5-17(23)6-8-18)30(27,28)21-13-11-20(29-2)12-14-21/h3-14H,15H2,1-2H3,(H,24,26). The minimum absolute atomic E-state index is 0.0263. The van der Waals surface area contributed by atoms with Gasteiger partial charge in [-0.05, 0) is 67.6 Å². The summed E-state index contributed by atoms with van der Waals surface area (Å²) in [7, 11) is -2.54. The van der Waals surface area contributed by atoms with E-state index in [1.165, 1.54) is 43.5 Å². The molecule has 6 nitrogen and oxygen atoms in total.